The molecule has 1 aliphatic heterocycles. The van der Waals surface area contributed by atoms with Crippen molar-refractivity contribution in [2.24, 2.45) is 0 Å². The van der Waals surface area contributed by atoms with Crippen molar-refractivity contribution in [3.63, 3.8) is 0 Å². The van der Waals surface area contributed by atoms with E-state index in [1.165, 1.54) is 18.2 Å². The van der Waals surface area contributed by atoms with Gasteiger partial charge in [0, 0.05) is 23.7 Å². The van der Waals surface area contributed by atoms with Crippen LogP contribution in [-0.4, -0.2) is 54.3 Å². The van der Waals surface area contributed by atoms with Gasteiger partial charge in [0.05, 0.1) is 16.4 Å². The highest BCUT2D eigenvalue weighted by Crippen LogP contribution is 2.24. The van der Waals surface area contributed by atoms with Crippen LogP contribution in [0.15, 0.2) is 18.2 Å². The van der Waals surface area contributed by atoms with Crippen molar-refractivity contribution in [3.8, 4) is 5.75 Å². The highest BCUT2D eigenvalue weighted by atomic mass is 32.2. The van der Waals surface area contributed by atoms with Gasteiger partial charge in [-0.15, -0.1) is 0 Å². The third kappa shape index (κ3) is 4.72. The molecule has 1 heterocycles. The predicted molar refractivity (Wildman–Crippen MR) is 97.0 cm³/mol. The number of nitrogens with zero attached hydrogens (tertiary/aromatic N) is 2. The molecule has 2 atom stereocenters. The quantitative estimate of drug-likeness (QED) is 0.526. The number of aryl methyl sites for hydroxylation is 1. The molecule has 1 aromatic rings. The van der Waals surface area contributed by atoms with Crippen LogP contribution >= 0.6 is 0 Å². The molecule has 2 rings (SSSR count). The van der Waals surface area contributed by atoms with Crippen molar-refractivity contribution in [2.45, 2.75) is 45.7 Å². The second kappa shape index (κ2) is 8.03. The highest BCUT2D eigenvalue weighted by Gasteiger charge is 2.36. The lowest BCUT2D eigenvalue weighted by atomic mass is 10.1. The van der Waals surface area contributed by atoms with Gasteiger partial charge >= 0.3 is 0 Å². The first kappa shape index (κ1) is 20.2. The third-order valence-corrected chi connectivity index (χ3v) is 6.43. The zero-order valence-electron chi connectivity index (χ0n) is 15.2. The Labute approximate surface area is 153 Å². The highest BCUT2D eigenvalue weighted by molar-refractivity contribution is 7.91. The predicted octanol–water partition coefficient (Wildman–Crippen LogP) is 2.10. The average Bonchev–Trinajstić information content (AvgIpc) is 2.92. The molecule has 1 amide bonds. The summed E-state index contributed by atoms with van der Waals surface area (Å²) in [5, 5.41) is 10.9. The molecule has 9 heteroatoms. The Morgan fingerprint density at radius 3 is 2.65 bits per heavy atom. The summed E-state index contributed by atoms with van der Waals surface area (Å²) in [6, 6.07) is 3.88. The zero-order valence-corrected chi connectivity index (χ0v) is 16.0. The Morgan fingerprint density at radius 1 is 1.46 bits per heavy atom. The van der Waals surface area contributed by atoms with Crippen LogP contribution in [0, 0.1) is 17.0 Å². The lowest BCUT2D eigenvalue weighted by molar-refractivity contribution is -0.385. The molecule has 26 heavy (non-hydrogen) atoms. The van der Waals surface area contributed by atoms with Crippen LogP contribution in [0.3, 0.4) is 0 Å². The summed E-state index contributed by atoms with van der Waals surface area (Å²) in [6.07, 6.45) is 1.15. The minimum atomic E-state index is -3.10. The minimum absolute atomic E-state index is 0.0129. The fourth-order valence-corrected chi connectivity index (χ4v) is 4.85. The summed E-state index contributed by atoms with van der Waals surface area (Å²) in [7, 11) is -3.10. The second-order valence-corrected chi connectivity index (χ2v) is 8.84. The van der Waals surface area contributed by atoms with E-state index >= 15 is 0 Å². The SMILES string of the molecule is CC[C@@H](C)N(C(=O)COc1ccc([N+](=O)[O-])c(C)c1)[C@H]1CCS(=O)(=O)C1. The first-order chi connectivity index (χ1) is 12.1. The van der Waals surface area contributed by atoms with Gasteiger partial charge in [-0.1, -0.05) is 6.92 Å². The molecule has 0 radical (unpaired) electrons. The second-order valence-electron chi connectivity index (χ2n) is 6.61. The maximum absolute atomic E-state index is 12.7. The number of nitro benzene ring substituents is 1. The summed E-state index contributed by atoms with van der Waals surface area (Å²) in [4.78, 5) is 24.7. The molecule has 1 saturated heterocycles. The smallest absolute Gasteiger partial charge is 0.272 e. The van der Waals surface area contributed by atoms with Crippen LogP contribution in [0.1, 0.15) is 32.3 Å². The summed E-state index contributed by atoms with van der Waals surface area (Å²) in [5.41, 5.74) is 0.432. The number of nitro groups is 1. The maximum Gasteiger partial charge on any atom is 0.272 e. The Bertz CT molecular complexity index is 792. The largest absolute Gasteiger partial charge is 0.484 e. The molecular weight excluding hydrogens is 360 g/mol. The molecule has 0 saturated carbocycles. The minimum Gasteiger partial charge on any atom is -0.484 e. The van der Waals surface area contributed by atoms with Crippen LogP contribution in [-0.2, 0) is 14.6 Å². The molecule has 0 aromatic heterocycles. The molecule has 0 N–H and O–H groups in total. The number of carbonyl (C=O) groups is 1. The number of amides is 1. The fraction of sp³-hybridized carbons (Fsp3) is 0.588. The van der Waals surface area contributed by atoms with E-state index < -0.39 is 14.8 Å². The Hall–Kier alpha value is -2.16. The first-order valence-electron chi connectivity index (χ1n) is 8.54. The molecule has 8 nitrogen and oxygen atoms in total. The number of ether oxygens (including phenoxy) is 1. The maximum atomic E-state index is 12.7. The topological polar surface area (TPSA) is 107 Å². The first-order valence-corrected chi connectivity index (χ1v) is 10.4. The van der Waals surface area contributed by atoms with Crippen LogP contribution in [0.2, 0.25) is 0 Å². The normalized spacial score (nSPS) is 19.7. The fourth-order valence-electron chi connectivity index (χ4n) is 3.14. The van der Waals surface area contributed by atoms with Gasteiger partial charge < -0.3 is 9.64 Å². The van der Waals surface area contributed by atoms with Crippen molar-refractivity contribution < 1.29 is 22.9 Å². The molecule has 0 aliphatic carbocycles. The van der Waals surface area contributed by atoms with Gasteiger partial charge in [-0.25, -0.2) is 8.42 Å². The van der Waals surface area contributed by atoms with E-state index in [9.17, 15) is 23.3 Å². The lowest BCUT2D eigenvalue weighted by Crippen LogP contribution is -2.48. The van der Waals surface area contributed by atoms with Crippen molar-refractivity contribution in [1.29, 1.82) is 0 Å². The molecule has 1 fully saturated rings. The number of sulfone groups is 1. The number of carbonyl (C=O) groups excluding carboxylic acids is 1. The van der Waals surface area contributed by atoms with E-state index in [2.05, 4.69) is 0 Å². The van der Waals surface area contributed by atoms with Crippen LogP contribution < -0.4 is 4.74 Å². The van der Waals surface area contributed by atoms with Gasteiger partial charge in [0.25, 0.3) is 11.6 Å². The molecule has 1 aromatic carbocycles. The van der Waals surface area contributed by atoms with E-state index in [-0.39, 0.29) is 41.8 Å². The van der Waals surface area contributed by atoms with Crippen molar-refractivity contribution in [3.05, 3.63) is 33.9 Å². The van der Waals surface area contributed by atoms with Crippen LogP contribution in [0.25, 0.3) is 0 Å². The van der Waals surface area contributed by atoms with Crippen LogP contribution in [0.5, 0.6) is 5.75 Å². The Kier molecular flexibility index (Phi) is 6.22. The van der Waals surface area contributed by atoms with E-state index in [4.69, 9.17) is 4.74 Å². The van der Waals surface area contributed by atoms with E-state index in [1.54, 1.807) is 11.8 Å². The van der Waals surface area contributed by atoms with Gasteiger partial charge in [-0.2, -0.15) is 0 Å². The number of hydrogen-bond donors (Lipinski definition) is 0. The van der Waals surface area contributed by atoms with Gasteiger partial charge in [0.15, 0.2) is 16.4 Å². The molecular formula is C17H24N2O6S. The molecule has 1 aliphatic rings. The standard InChI is InChI=1S/C17H24N2O6S/c1-4-13(3)18(14-7-8-26(23,24)11-14)17(20)10-25-15-5-6-16(19(21)22)12(2)9-15/h5-6,9,13-14H,4,7-8,10-11H2,1-3H3/t13-,14+/m1/s1. The van der Waals surface area contributed by atoms with Crippen molar-refractivity contribution in [2.75, 3.05) is 18.1 Å². The Balaban J connectivity index is 2.08. The lowest BCUT2D eigenvalue weighted by Gasteiger charge is -2.33. The van der Waals surface area contributed by atoms with Gasteiger partial charge in [-0.05, 0) is 38.8 Å². The van der Waals surface area contributed by atoms with Crippen molar-refractivity contribution in [1.82, 2.24) is 4.90 Å². The van der Waals surface area contributed by atoms with E-state index in [0.29, 0.717) is 24.2 Å². The summed E-state index contributed by atoms with van der Waals surface area (Å²) in [5.74, 6) is 0.169. The van der Waals surface area contributed by atoms with Gasteiger partial charge in [0.2, 0.25) is 0 Å². The van der Waals surface area contributed by atoms with E-state index in [0.717, 1.165) is 0 Å². The van der Waals surface area contributed by atoms with Crippen molar-refractivity contribution >= 4 is 21.4 Å². The van der Waals surface area contributed by atoms with Gasteiger partial charge in [-0.3, -0.25) is 14.9 Å². The molecule has 0 unspecified atom stereocenters. The number of rotatable bonds is 7. The molecule has 0 bridgehead atoms. The molecule has 0 spiro atoms. The van der Waals surface area contributed by atoms with Crippen LogP contribution in [0.4, 0.5) is 5.69 Å². The summed E-state index contributed by atoms with van der Waals surface area (Å²) in [6.45, 7) is 5.19. The molecule has 144 valence electrons. The van der Waals surface area contributed by atoms with Gasteiger partial charge in [0.1, 0.15) is 5.75 Å². The monoisotopic (exact) mass is 384 g/mol. The van der Waals surface area contributed by atoms with E-state index in [1.807, 2.05) is 13.8 Å². The summed E-state index contributed by atoms with van der Waals surface area (Å²) < 4.78 is 29.0. The Morgan fingerprint density at radius 2 is 2.15 bits per heavy atom. The number of hydrogen-bond acceptors (Lipinski definition) is 6. The summed E-state index contributed by atoms with van der Waals surface area (Å²) >= 11 is 0. The third-order valence-electron chi connectivity index (χ3n) is 4.68. The average molecular weight is 384 g/mol. The number of benzene rings is 1. The zero-order chi connectivity index (χ0) is 19.5.